The van der Waals surface area contributed by atoms with E-state index >= 15 is 0 Å². The predicted molar refractivity (Wildman–Crippen MR) is 74.5 cm³/mol. The van der Waals surface area contributed by atoms with Gasteiger partial charge in [-0.05, 0) is 39.8 Å². The second-order valence-electron chi connectivity index (χ2n) is 4.59. The van der Waals surface area contributed by atoms with Gasteiger partial charge in [0.25, 0.3) is 0 Å². The van der Waals surface area contributed by atoms with Gasteiger partial charge in [0.15, 0.2) is 5.16 Å². The molecule has 0 saturated heterocycles. The number of hydrogen-bond acceptors (Lipinski definition) is 5. The third kappa shape index (κ3) is 4.63. The molecule has 5 heteroatoms. The Hall–Kier alpha value is -1.12. The average molecular weight is 264 g/mol. The lowest BCUT2D eigenvalue weighted by molar-refractivity contribution is 0.493. The van der Waals surface area contributed by atoms with E-state index in [0.29, 0.717) is 5.75 Å². The van der Waals surface area contributed by atoms with Crippen molar-refractivity contribution in [1.82, 2.24) is 15.3 Å². The Labute approximate surface area is 113 Å². The number of nitrogens with zero attached hydrogens (tertiary/aromatic N) is 3. The number of aromatic nitrogens is 2. The quantitative estimate of drug-likeness (QED) is 0.631. The lowest BCUT2D eigenvalue weighted by Gasteiger charge is -2.22. The number of nitrogens with one attached hydrogen (secondary N) is 1. The molecule has 1 heterocycles. The Morgan fingerprint density at radius 3 is 2.50 bits per heavy atom. The fourth-order valence-corrected chi connectivity index (χ4v) is 2.49. The van der Waals surface area contributed by atoms with Crippen LogP contribution in [0.4, 0.5) is 0 Å². The highest BCUT2D eigenvalue weighted by atomic mass is 32.2. The summed E-state index contributed by atoms with van der Waals surface area (Å²) in [5, 5.41) is 13.2. The summed E-state index contributed by atoms with van der Waals surface area (Å²) in [6, 6.07) is 4.27. The average Bonchev–Trinajstić information content (AvgIpc) is 2.33. The molecule has 0 aliphatic carbocycles. The lowest BCUT2D eigenvalue weighted by atomic mass is 10.1. The Kier molecular flexibility index (Phi) is 5.57. The van der Waals surface area contributed by atoms with Crippen molar-refractivity contribution in [3.8, 4) is 6.07 Å². The smallest absolute Gasteiger partial charge is 0.188 e. The molecular weight excluding hydrogens is 244 g/mol. The molecule has 1 aromatic heterocycles. The maximum Gasteiger partial charge on any atom is 0.188 e. The van der Waals surface area contributed by atoms with Crippen LogP contribution in [-0.4, -0.2) is 27.8 Å². The van der Waals surface area contributed by atoms with Gasteiger partial charge in [-0.25, -0.2) is 9.97 Å². The van der Waals surface area contributed by atoms with Crippen LogP contribution in [-0.2, 0) is 0 Å². The molecule has 0 amide bonds. The van der Waals surface area contributed by atoms with Crippen LogP contribution in [0.25, 0.3) is 0 Å². The largest absolute Gasteiger partial charge is 0.299 e. The standard InChI is InChI=1S/C13H20N4S/c1-5-6-15-13(4,8-14)9-18-12-16-10(2)7-11(3)17-12/h7,15H,5-6,9H2,1-4H3. The Balaban J connectivity index is 2.65. The molecule has 0 radical (unpaired) electrons. The molecule has 0 spiro atoms. The minimum Gasteiger partial charge on any atom is -0.299 e. The van der Waals surface area contributed by atoms with E-state index in [9.17, 15) is 5.26 Å². The number of hydrogen-bond donors (Lipinski definition) is 1. The molecule has 0 aromatic carbocycles. The SMILES string of the molecule is CCCNC(C)(C#N)CSc1nc(C)cc(C)n1. The van der Waals surface area contributed by atoms with Gasteiger partial charge >= 0.3 is 0 Å². The normalized spacial score (nSPS) is 13.9. The molecule has 0 fully saturated rings. The van der Waals surface area contributed by atoms with Crippen LogP contribution in [0.3, 0.4) is 0 Å². The monoisotopic (exact) mass is 264 g/mol. The topological polar surface area (TPSA) is 61.6 Å². The first-order valence-corrected chi connectivity index (χ1v) is 7.09. The van der Waals surface area contributed by atoms with Gasteiger partial charge in [-0.2, -0.15) is 5.26 Å². The van der Waals surface area contributed by atoms with Crippen LogP contribution >= 0.6 is 11.8 Å². The molecule has 0 aliphatic rings. The molecule has 98 valence electrons. The van der Waals surface area contributed by atoms with Crippen molar-refractivity contribution in [3.05, 3.63) is 17.5 Å². The summed E-state index contributed by atoms with van der Waals surface area (Å²) in [6.07, 6.45) is 1.02. The number of aryl methyl sites for hydroxylation is 2. The molecule has 1 unspecified atom stereocenters. The maximum atomic E-state index is 9.23. The zero-order valence-electron chi connectivity index (χ0n) is 11.4. The Bertz CT molecular complexity index is 421. The second kappa shape index (κ2) is 6.72. The molecule has 0 bridgehead atoms. The van der Waals surface area contributed by atoms with Gasteiger partial charge in [0, 0.05) is 17.1 Å². The van der Waals surface area contributed by atoms with E-state index < -0.39 is 5.54 Å². The van der Waals surface area contributed by atoms with Crippen molar-refractivity contribution in [3.63, 3.8) is 0 Å². The van der Waals surface area contributed by atoms with E-state index in [-0.39, 0.29) is 0 Å². The van der Waals surface area contributed by atoms with Gasteiger partial charge in [0.2, 0.25) is 0 Å². The zero-order valence-corrected chi connectivity index (χ0v) is 12.3. The number of thioether (sulfide) groups is 1. The van der Waals surface area contributed by atoms with Crippen LogP contribution in [0.15, 0.2) is 11.2 Å². The van der Waals surface area contributed by atoms with E-state index in [1.54, 1.807) is 0 Å². The van der Waals surface area contributed by atoms with E-state index in [1.807, 2.05) is 26.8 Å². The van der Waals surface area contributed by atoms with Crippen molar-refractivity contribution in [2.75, 3.05) is 12.3 Å². The van der Waals surface area contributed by atoms with Crippen LogP contribution in [0, 0.1) is 25.2 Å². The molecular formula is C13H20N4S. The molecule has 18 heavy (non-hydrogen) atoms. The molecule has 0 aliphatic heterocycles. The van der Waals surface area contributed by atoms with Gasteiger partial charge in [-0.3, -0.25) is 5.32 Å². The summed E-state index contributed by atoms with van der Waals surface area (Å²) in [7, 11) is 0. The fraction of sp³-hybridized carbons (Fsp3) is 0.615. The van der Waals surface area contributed by atoms with E-state index in [2.05, 4.69) is 28.3 Å². The summed E-state index contributed by atoms with van der Waals surface area (Å²) in [5.41, 5.74) is 1.40. The van der Waals surface area contributed by atoms with Crippen molar-refractivity contribution in [1.29, 1.82) is 5.26 Å². The molecule has 1 N–H and O–H groups in total. The Morgan fingerprint density at radius 1 is 1.39 bits per heavy atom. The molecule has 1 atom stereocenters. The summed E-state index contributed by atoms with van der Waals surface area (Å²) in [6.45, 7) is 8.76. The predicted octanol–water partition coefficient (Wildman–Crippen LogP) is 2.47. The number of rotatable bonds is 6. The van der Waals surface area contributed by atoms with Crippen molar-refractivity contribution in [2.45, 2.75) is 44.8 Å². The minimum atomic E-state index is -0.526. The first-order valence-electron chi connectivity index (χ1n) is 6.10. The molecule has 0 saturated carbocycles. The number of nitriles is 1. The Morgan fingerprint density at radius 2 is 2.00 bits per heavy atom. The summed E-state index contributed by atoms with van der Waals surface area (Å²) in [5.74, 6) is 0.645. The van der Waals surface area contributed by atoms with Crippen molar-refractivity contribution < 1.29 is 0 Å². The fourth-order valence-electron chi connectivity index (χ4n) is 1.49. The van der Waals surface area contributed by atoms with E-state index in [0.717, 1.165) is 29.5 Å². The van der Waals surface area contributed by atoms with E-state index in [4.69, 9.17) is 0 Å². The van der Waals surface area contributed by atoms with Gasteiger partial charge in [-0.1, -0.05) is 18.7 Å². The third-order valence-electron chi connectivity index (χ3n) is 2.46. The van der Waals surface area contributed by atoms with Crippen LogP contribution in [0.2, 0.25) is 0 Å². The second-order valence-corrected chi connectivity index (χ2v) is 5.54. The first-order chi connectivity index (χ1) is 8.49. The first kappa shape index (κ1) is 14.9. The summed E-state index contributed by atoms with van der Waals surface area (Å²) >= 11 is 1.52. The summed E-state index contributed by atoms with van der Waals surface area (Å²) < 4.78 is 0. The van der Waals surface area contributed by atoms with Gasteiger partial charge < -0.3 is 0 Å². The third-order valence-corrected chi connectivity index (χ3v) is 3.63. The highest BCUT2D eigenvalue weighted by Gasteiger charge is 2.23. The highest BCUT2D eigenvalue weighted by Crippen LogP contribution is 2.19. The van der Waals surface area contributed by atoms with Crippen LogP contribution in [0.1, 0.15) is 31.7 Å². The van der Waals surface area contributed by atoms with Crippen LogP contribution < -0.4 is 5.32 Å². The van der Waals surface area contributed by atoms with Gasteiger partial charge in [-0.15, -0.1) is 0 Å². The highest BCUT2D eigenvalue weighted by molar-refractivity contribution is 7.99. The van der Waals surface area contributed by atoms with E-state index in [1.165, 1.54) is 11.8 Å². The zero-order chi connectivity index (χ0) is 13.6. The minimum absolute atomic E-state index is 0.526. The van der Waals surface area contributed by atoms with Crippen molar-refractivity contribution in [2.24, 2.45) is 0 Å². The van der Waals surface area contributed by atoms with Gasteiger partial charge in [0.05, 0.1) is 6.07 Å². The summed E-state index contributed by atoms with van der Waals surface area (Å²) in [4.78, 5) is 8.73. The molecule has 1 rings (SSSR count). The molecule has 1 aromatic rings. The van der Waals surface area contributed by atoms with Crippen LogP contribution in [0.5, 0.6) is 0 Å². The van der Waals surface area contributed by atoms with Crippen molar-refractivity contribution >= 4 is 11.8 Å². The molecule has 4 nitrogen and oxygen atoms in total. The van der Waals surface area contributed by atoms with Gasteiger partial charge in [0.1, 0.15) is 5.54 Å². The lowest BCUT2D eigenvalue weighted by Crippen LogP contribution is -2.43. The maximum absolute atomic E-state index is 9.23.